The van der Waals surface area contributed by atoms with Crippen LogP contribution in [-0.4, -0.2) is 34.8 Å². The molecule has 0 N–H and O–H groups in total. The Labute approximate surface area is 148 Å². The quantitative estimate of drug-likeness (QED) is 0.830. The van der Waals surface area contributed by atoms with E-state index in [2.05, 4.69) is 18.7 Å². The Bertz CT molecular complexity index is 682. The van der Waals surface area contributed by atoms with Crippen LogP contribution < -0.4 is 0 Å². The van der Waals surface area contributed by atoms with Crippen LogP contribution in [0.1, 0.15) is 31.4 Å². The van der Waals surface area contributed by atoms with Gasteiger partial charge in [-0.25, -0.2) is 4.39 Å². The highest BCUT2D eigenvalue weighted by Gasteiger charge is 2.31. The van der Waals surface area contributed by atoms with Crippen molar-refractivity contribution in [3.63, 3.8) is 0 Å². The number of carbonyl (C=O) groups is 1. The third kappa shape index (κ3) is 4.48. The Hall–Kier alpha value is -2.14. The minimum absolute atomic E-state index is 0.131. The van der Waals surface area contributed by atoms with Gasteiger partial charge in [0.2, 0.25) is 5.91 Å². The van der Waals surface area contributed by atoms with Crippen LogP contribution in [0.15, 0.2) is 47.3 Å². The molecule has 1 fully saturated rings. The van der Waals surface area contributed by atoms with Crippen molar-refractivity contribution in [2.24, 2.45) is 5.92 Å². The smallest absolute Gasteiger partial charge is 0.224 e. The Balaban J connectivity index is 1.76. The van der Waals surface area contributed by atoms with Gasteiger partial charge in [0.05, 0.1) is 12.5 Å². The van der Waals surface area contributed by atoms with Crippen molar-refractivity contribution in [3.8, 4) is 0 Å². The SMILES string of the molecule is CC(C)C1CN(Cc2ccoc2)CCC(=O)N1Cc1ccc(F)cc1. The van der Waals surface area contributed by atoms with Crippen molar-refractivity contribution in [1.29, 1.82) is 0 Å². The van der Waals surface area contributed by atoms with E-state index in [4.69, 9.17) is 4.42 Å². The lowest BCUT2D eigenvalue weighted by atomic mass is 10.0. The minimum atomic E-state index is -0.252. The molecule has 1 unspecified atom stereocenters. The zero-order valence-corrected chi connectivity index (χ0v) is 14.8. The van der Waals surface area contributed by atoms with Gasteiger partial charge in [0, 0.05) is 44.2 Å². The number of nitrogens with zero attached hydrogens (tertiary/aromatic N) is 2. The lowest BCUT2D eigenvalue weighted by molar-refractivity contribution is -0.134. The second kappa shape index (κ2) is 7.83. The summed E-state index contributed by atoms with van der Waals surface area (Å²) in [5.74, 6) is 0.254. The molecule has 1 aromatic heterocycles. The van der Waals surface area contributed by atoms with E-state index in [1.54, 1.807) is 24.7 Å². The van der Waals surface area contributed by atoms with Crippen LogP contribution in [0.25, 0.3) is 0 Å². The number of benzene rings is 1. The maximum atomic E-state index is 13.1. The van der Waals surface area contributed by atoms with E-state index in [1.807, 2.05) is 11.0 Å². The molecule has 0 radical (unpaired) electrons. The summed E-state index contributed by atoms with van der Waals surface area (Å²) in [5, 5.41) is 0. The van der Waals surface area contributed by atoms with Crippen LogP contribution in [0, 0.1) is 11.7 Å². The molecule has 2 heterocycles. The fourth-order valence-corrected chi connectivity index (χ4v) is 3.38. The van der Waals surface area contributed by atoms with Gasteiger partial charge in [0.15, 0.2) is 0 Å². The molecule has 4 nitrogen and oxygen atoms in total. The van der Waals surface area contributed by atoms with Crippen LogP contribution in [0.2, 0.25) is 0 Å². The predicted octanol–water partition coefficient (Wildman–Crippen LogP) is 3.68. The molecule has 3 rings (SSSR count). The summed E-state index contributed by atoms with van der Waals surface area (Å²) in [4.78, 5) is 17.0. The van der Waals surface area contributed by atoms with E-state index in [0.29, 0.717) is 18.9 Å². The molecule has 134 valence electrons. The molecular weight excluding hydrogens is 319 g/mol. The Morgan fingerprint density at radius 1 is 1.16 bits per heavy atom. The van der Waals surface area contributed by atoms with Gasteiger partial charge < -0.3 is 9.32 Å². The number of halogens is 1. The second-order valence-electron chi connectivity index (χ2n) is 7.08. The normalized spacial score (nSPS) is 19.4. The van der Waals surface area contributed by atoms with Crippen molar-refractivity contribution in [3.05, 3.63) is 59.8 Å². The average molecular weight is 344 g/mol. The molecule has 0 saturated carbocycles. The van der Waals surface area contributed by atoms with Crippen LogP contribution in [0.4, 0.5) is 4.39 Å². The highest BCUT2D eigenvalue weighted by Crippen LogP contribution is 2.22. The van der Waals surface area contributed by atoms with Gasteiger partial charge in [-0.2, -0.15) is 0 Å². The van der Waals surface area contributed by atoms with Gasteiger partial charge in [-0.05, 0) is 29.7 Å². The third-order valence-electron chi connectivity index (χ3n) is 4.83. The first-order valence-corrected chi connectivity index (χ1v) is 8.80. The summed E-state index contributed by atoms with van der Waals surface area (Å²) in [6.45, 7) is 7.19. The summed E-state index contributed by atoms with van der Waals surface area (Å²) in [7, 11) is 0. The summed E-state index contributed by atoms with van der Waals surface area (Å²) in [6, 6.07) is 8.52. The van der Waals surface area contributed by atoms with E-state index in [-0.39, 0.29) is 17.8 Å². The molecule has 0 bridgehead atoms. The molecule has 1 aliphatic rings. The van der Waals surface area contributed by atoms with E-state index < -0.39 is 0 Å². The summed E-state index contributed by atoms with van der Waals surface area (Å²) in [5.41, 5.74) is 2.09. The summed E-state index contributed by atoms with van der Waals surface area (Å²) >= 11 is 0. The van der Waals surface area contributed by atoms with Crippen molar-refractivity contribution in [2.45, 2.75) is 39.4 Å². The molecule has 1 atom stereocenters. The largest absolute Gasteiger partial charge is 0.472 e. The van der Waals surface area contributed by atoms with E-state index in [1.165, 1.54) is 12.1 Å². The van der Waals surface area contributed by atoms with Gasteiger partial charge in [0.25, 0.3) is 0 Å². The molecule has 1 amide bonds. The minimum Gasteiger partial charge on any atom is -0.472 e. The molecule has 0 aliphatic carbocycles. The van der Waals surface area contributed by atoms with Gasteiger partial charge >= 0.3 is 0 Å². The standard InChI is InChI=1S/C20H25FN2O2/c1-15(2)19-13-22(11-17-8-10-25-14-17)9-7-20(24)23(19)12-16-3-5-18(21)6-4-16/h3-6,8,10,14-15,19H,7,9,11-13H2,1-2H3. The molecule has 25 heavy (non-hydrogen) atoms. The van der Waals surface area contributed by atoms with E-state index in [9.17, 15) is 9.18 Å². The van der Waals surface area contributed by atoms with Crippen molar-refractivity contribution in [1.82, 2.24) is 9.80 Å². The number of hydrogen-bond donors (Lipinski definition) is 0. The molecule has 0 spiro atoms. The fourth-order valence-electron chi connectivity index (χ4n) is 3.38. The Kier molecular flexibility index (Phi) is 5.53. The van der Waals surface area contributed by atoms with Gasteiger partial charge in [-0.15, -0.1) is 0 Å². The maximum absolute atomic E-state index is 13.1. The average Bonchev–Trinajstić information content (AvgIpc) is 3.04. The molecule has 1 saturated heterocycles. The zero-order chi connectivity index (χ0) is 17.8. The zero-order valence-electron chi connectivity index (χ0n) is 14.8. The van der Waals surface area contributed by atoms with Crippen LogP contribution in [-0.2, 0) is 17.9 Å². The third-order valence-corrected chi connectivity index (χ3v) is 4.83. The van der Waals surface area contributed by atoms with Crippen molar-refractivity contribution in [2.75, 3.05) is 13.1 Å². The number of furan rings is 1. The summed E-state index contributed by atoms with van der Waals surface area (Å²) < 4.78 is 18.3. The number of amides is 1. The topological polar surface area (TPSA) is 36.7 Å². The van der Waals surface area contributed by atoms with Crippen LogP contribution in [0.5, 0.6) is 0 Å². The first-order chi connectivity index (χ1) is 12.0. The molecule has 5 heteroatoms. The fraction of sp³-hybridized carbons (Fsp3) is 0.450. The highest BCUT2D eigenvalue weighted by atomic mass is 19.1. The van der Waals surface area contributed by atoms with Crippen LogP contribution in [0.3, 0.4) is 0 Å². The lowest BCUT2D eigenvalue weighted by Crippen LogP contribution is -2.45. The van der Waals surface area contributed by atoms with Crippen molar-refractivity contribution < 1.29 is 13.6 Å². The van der Waals surface area contributed by atoms with E-state index >= 15 is 0 Å². The first-order valence-electron chi connectivity index (χ1n) is 8.80. The Morgan fingerprint density at radius 3 is 2.56 bits per heavy atom. The monoisotopic (exact) mass is 344 g/mol. The lowest BCUT2D eigenvalue weighted by Gasteiger charge is -2.34. The Morgan fingerprint density at radius 2 is 1.92 bits per heavy atom. The van der Waals surface area contributed by atoms with Crippen molar-refractivity contribution >= 4 is 5.91 Å². The molecule has 1 aromatic carbocycles. The number of carbonyl (C=O) groups excluding carboxylic acids is 1. The maximum Gasteiger partial charge on any atom is 0.224 e. The van der Waals surface area contributed by atoms with Crippen LogP contribution >= 0.6 is 0 Å². The number of hydrogen-bond acceptors (Lipinski definition) is 3. The predicted molar refractivity (Wildman–Crippen MR) is 94.2 cm³/mol. The van der Waals surface area contributed by atoms with Gasteiger partial charge in [-0.3, -0.25) is 9.69 Å². The summed E-state index contributed by atoms with van der Waals surface area (Å²) in [6.07, 6.45) is 3.94. The molecule has 1 aliphatic heterocycles. The first kappa shape index (κ1) is 17.7. The van der Waals surface area contributed by atoms with Gasteiger partial charge in [0.1, 0.15) is 5.82 Å². The van der Waals surface area contributed by atoms with E-state index in [0.717, 1.165) is 30.8 Å². The number of rotatable bonds is 5. The highest BCUT2D eigenvalue weighted by molar-refractivity contribution is 5.77. The second-order valence-corrected chi connectivity index (χ2v) is 7.08. The molecule has 2 aromatic rings. The van der Waals surface area contributed by atoms with Gasteiger partial charge in [-0.1, -0.05) is 26.0 Å². The molecular formula is C20H25FN2O2.